The minimum atomic E-state index is -0.619. The number of methoxy groups -OCH3 is 1. The molecule has 1 atom stereocenters. The number of hydrogen-bond donors (Lipinski definition) is 0. The number of halogens is 3. The van der Waals surface area contributed by atoms with Gasteiger partial charge in [-0.25, -0.2) is 0 Å². The van der Waals surface area contributed by atoms with Crippen LogP contribution in [0.3, 0.4) is 0 Å². The molecule has 0 amide bonds. The topological polar surface area (TPSA) is 78.7 Å². The van der Waals surface area contributed by atoms with Crippen LogP contribution in [-0.2, 0) is 9.53 Å². The number of carbonyl (C=O) groups is 1. The molecular weight excluding hydrogens is 454 g/mol. The Bertz CT molecular complexity index is 485. The molecule has 104 valence electrons. The zero-order chi connectivity index (χ0) is 14.6. The first-order valence-electron chi connectivity index (χ1n) is 4.85. The van der Waals surface area contributed by atoms with Gasteiger partial charge >= 0.3 is 5.97 Å². The van der Waals surface area contributed by atoms with E-state index in [1.165, 1.54) is 19.2 Å². The van der Waals surface area contributed by atoms with Gasteiger partial charge in [0.05, 0.1) is 21.0 Å². The largest absolute Gasteiger partial charge is 0.489 e. The average molecular weight is 462 g/mol. The van der Waals surface area contributed by atoms with Gasteiger partial charge in [0.15, 0.2) is 0 Å². The lowest BCUT2D eigenvalue weighted by Gasteiger charge is -2.12. The van der Waals surface area contributed by atoms with Crippen LogP contribution in [0.25, 0.3) is 0 Å². The third-order valence-corrected chi connectivity index (χ3v) is 3.84. The van der Waals surface area contributed by atoms with Gasteiger partial charge in [-0.3, -0.25) is 14.9 Å². The Hall–Kier alpha value is -0.670. The molecule has 0 fully saturated rings. The molecule has 9 heteroatoms. The van der Waals surface area contributed by atoms with Gasteiger partial charge in [-0.1, -0.05) is 15.9 Å². The van der Waals surface area contributed by atoms with E-state index in [9.17, 15) is 14.9 Å². The number of alkyl halides is 1. The first kappa shape index (κ1) is 16.4. The number of carbonyl (C=O) groups excluding carboxylic acids is 1. The highest BCUT2D eigenvalue weighted by Gasteiger charge is 2.19. The molecular formula is C10H8Br3NO5. The summed E-state index contributed by atoms with van der Waals surface area (Å²) in [6.45, 7) is 0.0294. The van der Waals surface area contributed by atoms with Gasteiger partial charge in [0.1, 0.15) is 17.2 Å². The van der Waals surface area contributed by atoms with Gasteiger partial charge in [-0.15, -0.1) is 0 Å². The molecule has 0 heterocycles. The molecule has 0 aliphatic carbocycles. The molecule has 1 rings (SSSR count). The SMILES string of the molecule is COC(=O)C(Br)COc1c(Br)cc([N+](=O)[O-])cc1Br. The number of benzene rings is 1. The minimum absolute atomic E-state index is 0.0294. The van der Waals surface area contributed by atoms with E-state index in [-0.39, 0.29) is 12.3 Å². The molecule has 0 radical (unpaired) electrons. The van der Waals surface area contributed by atoms with E-state index in [0.717, 1.165) is 0 Å². The molecule has 1 unspecified atom stereocenters. The molecule has 0 N–H and O–H groups in total. The lowest BCUT2D eigenvalue weighted by Crippen LogP contribution is -2.23. The van der Waals surface area contributed by atoms with Crippen molar-refractivity contribution in [1.82, 2.24) is 0 Å². The van der Waals surface area contributed by atoms with E-state index in [0.29, 0.717) is 14.7 Å². The average Bonchev–Trinajstić information content (AvgIpc) is 2.36. The van der Waals surface area contributed by atoms with E-state index in [1.54, 1.807) is 0 Å². The lowest BCUT2D eigenvalue weighted by molar-refractivity contribution is -0.385. The zero-order valence-electron chi connectivity index (χ0n) is 9.56. The number of rotatable bonds is 5. The normalized spacial score (nSPS) is 11.8. The van der Waals surface area contributed by atoms with Gasteiger partial charge in [0.25, 0.3) is 5.69 Å². The van der Waals surface area contributed by atoms with Crippen LogP contribution in [-0.4, -0.2) is 29.4 Å². The van der Waals surface area contributed by atoms with Gasteiger partial charge in [0.2, 0.25) is 0 Å². The summed E-state index contributed by atoms with van der Waals surface area (Å²) in [4.78, 5) is 20.7. The van der Waals surface area contributed by atoms with Crippen LogP contribution in [0.4, 0.5) is 5.69 Å². The van der Waals surface area contributed by atoms with Crippen LogP contribution in [0.1, 0.15) is 0 Å². The monoisotopic (exact) mass is 459 g/mol. The Morgan fingerprint density at radius 3 is 2.37 bits per heavy atom. The summed E-state index contributed by atoms with van der Waals surface area (Å²) in [6.07, 6.45) is 0. The number of esters is 1. The fourth-order valence-corrected chi connectivity index (χ4v) is 2.85. The molecule has 0 saturated carbocycles. The van der Waals surface area contributed by atoms with Crippen molar-refractivity contribution < 1.29 is 19.2 Å². The molecule has 0 aliphatic heterocycles. The van der Waals surface area contributed by atoms with Crippen molar-refractivity contribution in [1.29, 1.82) is 0 Å². The van der Waals surface area contributed by atoms with Gasteiger partial charge in [0, 0.05) is 12.1 Å². The number of hydrogen-bond acceptors (Lipinski definition) is 5. The summed E-state index contributed by atoms with van der Waals surface area (Å²) < 4.78 is 10.8. The number of nitro groups is 1. The third kappa shape index (κ3) is 4.43. The molecule has 6 nitrogen and oxygen atoms in total. The summed E-state index contributed by atoms with van der Waals surface area (Å²) >= 11 is 9.47. The smallest absolute Gasteiger partial charge is 0.322 e. The molecule has 0 bridgehead atoms. The summed E-state index contributed by atoms with van der Waals surface area (Å²) in [6, 6.07) is 2.64. The van der Waals surface area contributed by atoms with Crippen molar-refractivity contribution in [3.63, 3.8) is 0 Å². The summed E-state index contributed by atoms with van der Waals surface area (Å²) in [5.41, 5.74) is -0.0746. The Balaban J connectivity index is 2.85. The number of non-ortho nitro benzene ring substituents is 1. The van der Waals surface area contributed by atoms with E-state index in [4.69, 9.17) is 4.74 Å². The highest BCUT2D eigenvalue weighted by Crippen LogP contribution is 2.37. The maximum absolute atomic E-state index is 11.2. The first-order valence-corrected chi connectivity index (χ1v) is 7.35. The summed E-state index contributed by atoms with van der Waals surface area (Å²) in [5.74, 6) is -0.0897. The van der Waals surface area contributed by atoms with E-state index in [1.807, 2.05) is 0 Å². The van der Waals surface area contributed by atoms with E-state index >= 15 is 0 Å². The summed E-state index contributed by atoms with van der Waals surface area (Å²) in [5, 5.41) is 10.7. The van der Waals surface area contributed by atoms with Crippen molar-refractivity contribution >= 4 is 59.4 Å². The first-order chi connectivity index (χ1) is 8.86. The number of ether oxygens (including phenoxy) is 2. The van der Waals surface area contributed by atoms with E-state index in [2.05, 4.69) is 52.5 Å². The number of nitrogens with zero attached hydrogens (tertiary/aromatic N) is 1. The Kier molecular flexibility index (Phi) is 6.21. The molecule has 0 spiro atoms. The Morgan fingerprint density at radius 2 is 1.95 bits per heavy atom. The fraction of sp³-hybridized carbons (Fsp3) is 0.300. The predicted octanol–water partition coefficient (Wildman–Crippen LogP) is 3.44. The maximum Gasteiger partial charge on any atom is 0.322 e. The quantitative estimate of drug-likeness (QED) is 0.290. The van der Waals surface area contributed by atoms with Crippen LogP contribution in [0.15, 0.2) is 21.1 Å². The standard InChI is InChI=1S/C10H8Br3NO5/c1-18-10(15)8(13)4-19-9-6(11)2-5(14(16)17)3-7(9)12/h2-3,8H,4H2,1H3. The van der Waals surface area contributed by atoms with Crippen LogP contribution in [0.5, 0.6) is 5.75 Å². The maximum atomic E-state index is 11.2. The van der Waals surface area contributed by atoms with E-state index < -0.39 is 15.7 Å². The Labute approximate surface area is 134 Å². The van der Waals surface area contributed by atoms with Crippen LogP contribution in [0.2, 0.25) is 0 Å². The highest BCUT2D eigenvalue weighted by atomic mass is 79.9. The second kappa shape index (κ2) is 7.20. The van der Waals surface area contributed by atoms with Gasteiger partial charge in [-0.05, 0) is 31.9 Å². The molecule has 0 saturated heterocycles. The van der Waals surface area contributed by atoms with Crippen LogP contribution >= 0.6 is 47.8 Å². The molecule has 0 aliphatic rings. The fourth-order valence-electron chi connectivity index (χ4n) is 1.14. The second-order valence-electron chi connectivity index (χ2n) is 3.30. The lowest BCUT2D eigenvalue weighted by atomic mass is 10.3. The predicted molar refractivity (Wildman–Crippen MR) is 78.7 cm³/mol. The van der Waals surface area contributed by atoms with Gasteiger partial charge < -0.3 is 9.47 Å². The molecule has 19 heavy (non-hydrogen) atoms. The van der Waals surface area contributed by atoms with Crippen molar-refractivity contribution in [2.45, 2.75) is 4.83 Å². The molecule has 0 aromatic heterocycles. The zero-order valence-corrected chi connectivity index (χ0v) is 14.3. The van der Waals surface area contributed by atoms with Gasteiger partial charge in [-0.2, -0.15) is 0 Å². The van der Waals surface area contributed by atoms with Crippen molar-refractivity contribution in [3.05, 3.63) is 31.2 Å². The highest BCUT2D eigenvalue weighted by molar-refractivity contribution is 9.11. The van der Waals surface area contributed by atoms with Crippen LogP contribution in [0, 0.1) is 10.1 Å². The summed E-state index contributed by atoms with van der Waals surface area (Å²) in [7, 11) is 1.27. The Morgan fingerprint density at radius 1 is 1.42 bits per heavy atom. The third-order valence-electron chi connectivity index (χ3n) is 2.02. The molecule has 1 aromatic rings. The van der Waals surface area contributed by atoms with Crippen molar-refractivity contribution in [2.24, 2.45) is 0 Å². The number of nitro benzene ring substituents is 1. The van der Waals surface area contributed by atoms with Crippen molar-refractivity contribution in [3.8, 4) is 5.75 Å². The molecule has 1 aromatic carbocycles. The minimum Gasteiger partial charge on any atom is -0.489 e. The van der Waals surface area contributed by atoms with Crippen LogP contribution < -0.4 is 4.74 Å². The second-order valence-corrected chi connectivity index (χ2v) is 6.11. The van der Waals surface area contributed by atoms with Crippen molar-refractivity contribution in [2.75, 3.05) is 13.7 Å².